The fourth-order valence-electron chi connectivity index (χ4n) is 3.84. The van der Waals surface area contributed by atoms with Gasteiger partial charge in [0.25, 0.3) is 0 Å². The summed E-state index contributed by atoms with van der Waals surface area (Å²) in [7, 11) is 1.60. The molecule has 3 aliphatic rings. The second kappa shape index (κ2) is 6.71. The molecule has 12 heteroatoms. The molecule has 0 saturated carbocycles. The van der Waals surface area contributed by atoms with Gasteiger partial charge < -0.3 is 10.5 Å². The number of hydrogen-bond acceptors (Lipinski definition) is 8. The summed E-state index contributed by atoms with van der Waals surface area (Å²) in [5, 5.41) is 4.44. The van der Waals surface area contributed by atoms with Crippen LogP contribution in [0.5, 0.6) is 0 Å². The number of methoxy groups -OCH3 is 1. The van der Waals surface area contributed by atoms with Crippen molar-refractivity contribution in [2.45, 2.75) is 38.0 Å². The number of rotatable bonds is 3. The summed E-state index contributed by atoms with van der Waals surface area (Å²) in [5.41, 5.74) is 7.96. The van der Waals surface area contributed by atoms with E-state index in [4.69, 9.17) is 10.5 Å². The smallest absolute Gasteiger partial charge is 0.375 e. The van der Waals surface area contributed by atoms with E-state index in [0.29, 0.717) is 36.0 Å². The highest BCUT2D eigenvalue weighted by Gasteiger charge is 2.37. The molecule has 0 fully saturated rings. The zero-order chi connectivity index (χ0) is 21.0. The van der Waals surface area contributed by atoms with Gasteiger partial charge in [0, 0.05) is 37.5 Å². The van der Waals surface area contributed by atoms with Crippen LogP contribution in [0.4, 0.5) is 13.2 Å². The van der Waals surface area contributed by atoms with Crippen molar-refractivity contribution in [1.29, 1.82) is 0 Å². The van der Waals surface area contributed by atoms with Gasteiger partial charge in [-0.25, -0.2) is 19.9 Å². The fraction of sp³-hybridized carbons (Fsp3) is 0.389. The van der Waals surface area contributed by atoms with Crippen LogP contribution in [0.1, 0.15) is 28.7 Å². The molecule has 0 amide bonds. The van der Waals surface area contributed by atoms with Gasteiger partial charge in [-0.1, -0.05) is 18.2 Å². The second-order valence-corrected chi connectivity index (χ2v) is 7.21. The highest BCUT2D eigenvalue weighted by atomic mass is 19.4. The number of ether oxygens (including phenoxy) is 1. The summed E-state index contributed by atoms with van der Waals surface area (Å²) in [6.45, 7) is 1.00. The maximum absolute atomic E-state index is 12.9. The van der Waals surface area contributed by atoms with Gasteiger partial charge in [-0.2, -0.15) is 17.9 Å². The topological polar surface area (TPSA) is 107 Å². The third kappa shape index (κ3) is 3.08. The Balaban J connectivity index is 1.38. The van der Waals surface area contributed by atoms with Crippen molar-refractivity contribution in [1.82, 2.24) is 29.6 Å². The molecule has 0 spiro atoms. The minimum atomic E-state index is -4.57. The summed E-state index contributed by atoms with van der Waals surface area (Å²) >= 11 is 0. The summed E-state index contributed by atoms with van der Waals surface area (Å²) < 4.78 is 45.5. The van der Waals surface area contributed by atoms with E-state index < -0.39 is 12.0 Å². The van der Waals surface area contributed by atoms with Crippen LogP contribution < -0.4 is 5.73 Å². The Labute approximate surface area is 168 Å². The number of halogens is 3. The van der Waals surface area contributed by atoms with Gasteiger partial charge in [0.05, 0.1) is 12.2 Å². The molecular formula is C18H17F3N8O. The van der Waals surface area contributed by atoms with Crippen LogP contribution in [0.2, 0.25) is 0 Å². The minimum absolute atomic E-state index is 0.216. The number of fused-ring (bicyclic) bond motifs is 4. The van der Waals surface area contributed by atoms with Crippen molar-refractivity contribution in [3.8, 4) is 0 Å². The normalized spacial score (nSPS) is 22.9. The first-order valence-corrected chi connectivity index (χ1v) is 9.19. The van der Waals surface area contributed by atoms with Gasteiger partial charge in [-0.15, -0.1) is 5.10 Å². The summed E-state index contributed by atoms with van der Waals surface area (Å²) in [4.78, 5) is 18.1. The van der Waals surface area contributed by atoms with Gasteiger partial charge in [-0.3, -0.25) is 4.90 Å². The van der Waals surface area contributed by atoms with E-state index in [9.17, 15) is 13.2 Å². The Hall–Kier alpha value is -3.12. The zero-order valence-corrected chi connectivity index (χ0v) is 15.8. The lowest BCUT2D eigenvalue weighted by Crippen LogP contribution is -2.39. The SMILES string of the molecule is COC1C=CC=C2c3nc(CN4Cc5cnc(C(F)(F)F)nc5C4)nn3C(N)=NC21. The van der Waals surface area contributed by atoms with Crippen LogP contribution in [-0.4, -0.2) is 54.8 Å². The molecule has 2 N–H and O–H groups in total. The molecule has 2 atom stereocenters. The molecule has 2 aliphatic heterocycles. The Morgan fingerprint density at radius 2 is 2.10 bits per heavy atom. The molecule has 9 nitrogen and oxygen atoms in total. The van der Waals surface area contributed by atoms with Crippen LogP contribution >= 0.6 is 0 Å². The predicted octanol–water partition coefficient (Wildman–Crippen LogP) is 1.12. The Kier molecular flexibility index (Phi) is 4.22. The number of nitrogens with zero attached hydrogens (tertiary/aromatic N) is 7. The molecule has 2 aromatic heterocycles. The number of aliphatic imine (C=N–C) groups is 1. The molecule has 0 radical (unpaired) electrons. The quantitative estimate of drug-likeness (QED) is 0.796. The van der Waals surface area contributed by atoms with Crippen LogP contribution in [0.25, 0.3) is 5.57 Å². The zero-order valence-electron chi connectivity index (χ0n) is 15.8. The molecular weight excluding hydrogens is 401 g/mol. The third-order valence-corrected chi connectivity index (χ3v) is 5.22. The molecule has 156 valence electrons. The fourth-order valence-corrected chi connectivity index (χ4v) is 3.84. The standard InChI is InChI=1S/C18H17F3N8O/c1-30-12-4-2-3-10-14(12)26-17(22)29-15(10)25-13(27-29)8-28-6-9-5-23-16(18(19,20)21)24-11(9)7-28/h2-5,12,14H,6-8H2,1H3,(H2,22,26). The monoisotopic (exact) mass is 418 g/mol. The van der Waals surface area contributed by atoms with E-state index in [2.05, 4.69) is 25.0 Å². The number of nitrogens with two attached hydrogens (primary N) is 1. The van der Waals surface area contributed by atoms with Gasteiger partial charge in [0.15, 0.2) is 11.6 Å². The van der Waals surface area contributed by atoms with E-state index in [1.165, 1.54) is 10.9 Å². The highest BCUT2D eigenvalue weighted by Crippen LogP contribution is 2.31. The predicted molar refractivity (Wildman–Crippen MR) is 98.7 cm³/mol. The maximum atomic E-state index is 12.9. The van der Waals surface area contributed by atoms with Gasteiger partial charge in [0.2, 0.25) is 11.8 Å². The molecule has 5 rings (SSSR count). The van der Waals surface area contributed by atoms with E-state index >= 15 is 0 Å². The molecule has 1 aliphatic carbocycles. The average Bonchev–Trinajstić information content (AvgIpc) is 3.30. The lowest BCUT2D eigenvalue weighted by molar-refractivity contribution is -0.145. The Bertz CT molecular complexity index is 1100. The number of aromatic nitrogens is 5. The van der Waals surface area contributed by atoms with Crippen LogP contribution in [0, 0.1) is 0 Å². The first kappa shape index (κ1) is 18.9. The van der Waals surface area contributed by atoms with Crippen molar-refractivity contribution in [3.05, 3.63) is 53.2 Å². The molecule has 0 saturated heterocycles. The van der Waals surface area contributed by atoms with E-state index in [-0.39, 0.29) is 24.7 Å². The Morgan fingerprint density at radius 3 is 2.87 bits per heavy atom. The Morgan fingerprint density at radius 1 is 1.27 bits per heavy atom. The van der Waals surface area contributed by atoms with Crippen LogP contribution in [0.3, 0.4) is 0 Å². The van der Waals surface area contributed by atoms with Crippen molar-refractivity contribution in [2.24, 2.45) is 10.7 Å². The van der Waals surface area contributed by atoms with Crippen molar-refractivity contribution in [3.63, 3.8) is 0 Å². The van der Waals surface area contributed by atoms with Crippen LogP contribution in [0.15, 0.2) is 29.4 Å². The lowest BCUT2D eigenvalue weighted by atomic mass is 9.95. The molecule has 0 aromatic carbocycles. The van der Waals surface area contributed by atoms with Crippen molar-refractivity contribution >= 4 is 11.5 Å². The van der Waals surface area contributed by atoms with Crippen molar-refractivity contribution < 1.29 is 17.9 Å². The van der Waals surface area contributed by atoms with Gasteiger partial charge >= 0.3 is 6.18 Å². The molecule has 2 aromatic rings. The third-order valence-electron chi connectivity index (χ3n) is 5.22. The number of allylic oxidation sites excluding steroid dienone is 2. The first-order valence-electron chi connectivity index (χ1n) is 9.19. The van der Waals surface area contributed by atoms with Gasteiger partial charge in [-0.05, 0) is 0 Å². The van der Waals surface area contributed by atoms with E-state index in [1.807, 2.05) is 23.1 Å². The lowest BCUT2D eigenvalue weighted by Gasteiger charge is -2.28. The molecule has 2 unspecified atom stereocenters. The summed E-state index contributed by atoms with van der Waals surface area (Å²) in [6.07, 6.45) is 2.10. The van der Waals surface area contributed by atoms with Crippen LogP contribution in [-0.2, 0) is 30.5 Å². The molecule has 0 bridgehead atoms. The maximum Gasteiger partial charge on any atom is 0.451 e. The van der Waals surface area contributed by atoms with E-state index in [0.717, 1.165) is 5.57 Å². The van der Waals surface area contributed by atoms with E-state index in [1.54, 1.807) is 7.11 Å². The van der Waals surface area contributed by atoms with Gasteiger partial charge in [0.1, 0.15) is 12.1 Å². The molecule has 4 heterocycles. The second-order valence-electron chi connectivity index (χ2n) is 7.21. The number of alkyl halides is 3. The largest absolute Gasteiger partial charge is 0.451 e. The molecule has 30 heavy (non-hydrogen) atoms. The average molecular weight is 418 g/mol. The summed E-state index contributed by atoms with van der Waals surface area (Å²) in [6, 6.07) is -0.295. The minimum Gasteiger partial charge on any atom is -0.375 e. The number of hydrogen-bond donors (Lipinski definition) is 1. The first-order chi connectivity index (χ1) is 14.3. The highest BCUT2D eigenvalue weighted by molar-refractivity contribution is 5.88. The van der Waals surface area contributed by atoms with Crippen molar-refractivity contribution in [2.75, 3.05) is 7.11 Å². The summed E-state index contributed by atoms with van der Waals surface area (Å²) in [5.74, 6) is 0.169.